The van der Waals surface area contributed by atoms with Gasteiger partial charge in [0.25, 0.3) is 11.8 Å². The summed E-state index contributed by atoms with van der Waals surface area (Å²) in [5.41, 5.74) is 0.326. The third-order valence-electron chi connectivity index (χ3n) is 9.38. The molecule has 1 aromatic heterocycles. The number of halogens is 11. The zero-order valence-electron chi connectivity index (χ0n) is 35.7. The summed E-state index contributed by atoms with van der Waals surface area (Å²) in [6, 6.07) is -0.0251. The molecule has 2 aliphatic rings. The van der Waals surface area contributed by atoms with Crippen LogP contribution in [0, 0.1) is 0 Å². The van der Waals surface area contributed by atoms with Crippen molar-refractivity contribution in [1.82, 2.24) is 41.6 Å². The minimum Gasteiger partial charge on any atom is -0.379 e. The van der Waals surface area contributed by atoms with E-state index < -0.39 is 67.9 Å². The maximum Gasteiger partial charge on any atom is 0.457 e. The van der Waals surface area contributed by atoms with Crippen LogP contribution < -0.4 is 26.6 Å². The van der Waals surface area contributed by atoms with Gasteiger partial charge in [0, 0.05) is 50.4 Å². The SMILES string of the molecule is CC(F)(F)COC(F)(C(F)(F)F)C(F)(F)OC(C(=O)NCCOCCNC(=O)CCOCCOCc1cn(CCOCCNC(=O)CCCC[C@@H]2SC[C@]3(C)NC(=O)N[C@H]23)nn1)C(F)(F)F. The number of thioether (sulfide) groups is 1. The Morgan fingerprint density at radius 2 is 1.45 bits per heavy atom. The van der Waals surface area contributed by atoms with Crippen LogP contribution in [0.25, 0.3) is 0 Å². The summed E-state index contributed by atoms with van der Waals surface area (Å²) in [6.45, 7) is -0.785. The number of hydrogen-bond acceptors (Lipinski definition) is 13. The molecule has 66 heavy (non-hydrogen) atoms. The van der Waals surface area contributed by atoms with Crippen molar-refractivity contribution in [1.29, 1.82) is 0 Å². The number of urea groups is 1. The van der Waals surface area contributed by atoms with Crippen molar-refractivity contribution in [3.05, 3.63) is 11.9 Å². The number of aromatic nitrogens is 3. The van der Waals surface area contributed by atoms with Crippen LogP contribution in [0.2, 0.25) is 0 Å². The Hall–Kier alpha value is -3.84. The third kappa shape index (κ3) is 18.7. The predicted molar refractivity (Wildman–Crippen MR) is 207 cm³/mol. The minimum absolute atomic E-state index is 0.00600. The molecule has 0 bridgehead atoms. The predicted octanol–water partition coefficient (Wildman–Crippen LogP) is 3.14. The highest BCUT2D eigenvalue weighted by molar-refractivity contribution is 8.00. The summed E-state index contributed by atoms with van der Waals surface area (Å²) in [4.78, 5) is 47.7. The number of hydrogen-bond donors (Lipinski definition) is 5. The van der Waals surface area contributed by atoms with E-state index in [-0.39, 0.29) is 76.4 Å². The Kier molecular flexibility index (Phi) is 21.8. The highest BCUT2D eigenvalue weighted by Gasteiger charge is 2.76. The molecule has 5 amide bonds. The highest BCUT2D eigenvalue weighted by Crippen LogP contribution is 2.49. The molecule has 30 heteroatoms. The van der Waals surface area contributed by atoms with Crippen LogP contribution in [-0.4, -0.2) is 170 Å². The zero-order chi connectivity index (χ0) is 49.2. The van der Waals surface area contributed by atoms with E-state index in [1.807, 2.05) is 18.7 Å². The number of carbonyl (C=O) groups excluding carboxylic acids is 4. The molecule has 0 radical (unpaired) electrons. The topological polar surface area (TPSA) is 215 Å². The van der Waals surface area contributed by atoms with E-state index >= 15 is 0 Å². The van der Waals surface area contributed by atoms with Crippen LogP contribution in [0.5, 0.6) is 0 Å². The molecule has 3 rings (SSSR count). The van der Waals surface area contributed by atoms with Gasteiger partial charge in [-0.15, -0.1) is 5.10 Å². The third-order valence-corrected chi connectivity index (χ3v) is 11.1. The number of unbranched alkanes of at least 4 members (excludes halogenated alkanes) is 1. The lowest BCUT2D eigenvalue weighted by Crippen LogP contribution is -2.62. The number of nitrogens with one attached hydrogen (secondary N) is 5. The van der Waals surface area contributed by atoms with Gasteiger partial charge < -0.3 is 50.3 Å². The fourth-order valence-electron chi connectivity index (χ4n) is 6.09. The Bertz CT molecular complexity index is 1700. The fraction of sp³-hybridized carbons (Fsp3) is 0.833. The van der Waals surface area contributed by atoms with Gasteiger partial charge in [-0.3, -0.25) is 19.1 Å². The van der Waals surface area contributed by atoms with Gasteiger partial charge in [-0.05, 0) is 19.8 Å². The van der Waals surface area contributed by atoms with Gasteiger partial charge in [0.2, 0.25) is 17.9 Å². The van der Waals surface area contributed by atoms with Crippen LogP contribution in [0.3, 0.4) is 0 Å². The first-order valence-electron chi connectivity index (χ1n) is 20.4. The molecule has 0 saturated carbocycles. The first-order valence-corrected chi connectivity index (χ1v) is 21.4. The van der Waals surface area contributed by atoms with Crippen molar-refractivity contribution >= 4 is 35.5 Å². The van der Waals surface area contributed by atoms with E-state index in [0.29, 0.717) is 43.7 Å². The Morgan fingerprint density at radius 1 is 0.848 bits per heavy atom. The van der Waals surface area contributed by atoms with E-state index in [1.165, 1.54) is 5.32 Å². The molecule has 1 aromatic rings. The van der Waals surface area contributed by atoms with Crippen molar-refractivity contribution in [2.45, 2.75) is 112 Å². The smallest absolute Gasteiger partial charge is 0.379 e. The van der Waals surface area contributed by atoms with Crippen molar-refractivity contribution in [3.8, 4) is 0 Å². The number of nitrogens with zero attached hydrogens (tertiary/aromatic N) is 3. The summed E-state index contributed by atoms with van der Waals surface area (Å²) in [5.74, 6) is -13.0. The number of ether oxygens (including phenoxy) is 6. The molecule has 0 spiro atoms. The molecule has 0 aliphatic carbocycles. The van der Waals surface area contributed by atoms with E-state index in [0.717, 1.165) is 25.0 Å². The molecule has 2 saturated heterocycles. The van der Waals surface area contributed by atoms with Gasteiger partial charge in [0.1, 0.15) is 12.3 Å². The Morgan fingerprint density at radius 3 is 2.09 bits per heavy atom. The molecular formula is C36H53F11N8O10S. The quantitative estimate of drug-likeness (QED) is 0.0399. The highest BCUT2D eigenvalue weighted by atomic mass is 32.2. The lowest BCUT2D eigenvalue weighted by molar-refractivity contribution is -0.474. The number of fused-ring (bicyclic) bond motifs is 1. The van der Waals surface area contributed by atoms with Gasteiger partial charge >= 0.3 is 30.3 Å². The van der Waals surface area contributed by atoms with Crippen LogP contribution >= 0.6 is 11.8 Å². The maximum absolute atomic E-state index is 14.3. The maximum atomic E-state index is 14.3. The number of alkyl halides is 11. The van der Waals surface area contributed by atoms with E-state index in [9.17, 15) is 67.5 Å². The van der Waals surface area contributed by atoms with Crippen LogP contribution in [-0.2, 0) is 56.0 Å². The van der Waals surface area contributed by atoms with Crippen molar-refractivity contribution < 1.29 is 95.9 Å². The largest absolute Gasteiger partial charge is 0.457 e. The lowest BCUT2D eigenvalue weighted by Gasteiger charge is -2.36. The lowest BCUT2D eigenvalue weighted by atomic mass is 9.92. The molecule has 5 atom stereocenters. The second-order valence-corrected chi connectivity index (χ2v) is 16.4. The van der Waals surface area contributed by atoms with Crippen molar-refractivity contribution in [3.63, 3.8) is 0 Å². The molecule has 2 unspecified atom stereocenters. The summed E-state index contributed by atoms with van der Waals surface area (Å²) >= 11 is 1.84. The summed E-state index contributed by atoms with van der Waals surface area (Å²) in [7, 11) is 0. The molecule has 380 valence electrons. The first-order chi connectivity index (χ1) is 30.8. The molecule has 18 nitrogen and oxygen atoms in total. The van der Waals surface area contributed by atoms with Crippen LogP contribution in [0.4, 0.5) is 53.1 Å². The second-order valence-electron chi connectivity index (χ2n) is 15.2. The molecule has 5 N–H and O–H groups in total. The van der Waals surface area contributed by atoms with Gasteiger partial charge in [-0.1, -0.05) is 11.6 Å². The molecule has 2 aliphatic heterocycles. The van der Waals surface area contributed by atoms with Gasteiger partial charge in [-0.2, -0.15) is 51.3 Å². The van der Waals surface area contributed by atoms with E-state index in [4.69, 9.17) is 18.9 Å². The fourth-order valence-corrected chi connectivity index (χ4v) is 7.80. The monoisotopic (exact) mass is 998 g/mol. The number of carbonyl (C=O) groups is 4. The van der Waals surface area contributed by atoms with Crippen molar-refractivity contribution in [2.75, 3.05) is 78.2 Å². The summed E-state index contributed by atoms with van der Waals surface area (Å²) in [6.07, 6.45) is -19.5. The first kappa shape index (κ1) is 56.5. The second kappa shape index (κ2) is 25.5. The molecular weight excluding hydrogens is 945 g/mol. The number of rotatable bonds is 32. The normalized spacial score (nSPS) is 20.3. The summed E-state index contributed by atoms with van der Waals surface area (Å²) < 4.78 is 176. The van der Waals surface area contributed by atoms with Gasteiger partial charge in [0.05, 0.1) is 77.2 Å². The average molecular weight is 999 g/mol. The average Bonchev–Trinajstić information content (AvgIpc) is 3.88. The summed E-state index contributed by atoms with van der Waals surface area (Å²) in [5, 5.41) is 21.0. The Labute approximate surface area is 375 Å². The van der Waals surface area contributed by atoms with Gasteiger partial charge in [-0.25, -0.2) is 18.3 Å². The molecule has 0 aromatic carbocycles. The molecule has 3 heterocycles. The van der Waals surface area contributed by atoms with E-state index in [1.54, 1.807) is 10.9 Å². The van der Waals surface area contributed by atoms with E-state index in [2.05, 4.69) is 41.1 Å². The minimum atomic E-state index is -6.89. The Balaban J connectivity index is 1.15. The van der Waals surface area contributed by atoms with Gasteiger partial charge in [0.15, 0.2) is 0 Å². The number of amides is 5. The molecule has 2 fully saturated rings. The zero-order valence-corrected chi connectivity index (χ0v) is 36.6. The van der Waals surface area contributed by atoms with Crippen LogP contribution in [0.15, 0.2) is 6.20 Å². The van der Waals surface area contributed by atoms with Crippen LogP contribution in [0.1, 0.15) is 51.6 Å². The standard InChI is InChI=1S/C36H53F11N8O10S/c1-31-22-66-24(27(31)51-30(59)52-31)5-3-4-6-25(56)48-9-14-62-16-11-55-19-23(53-54-55)20-63-18-17-60-12-7-26(57)49-8-13-61-15-10-50-29(58)28(33(39,40)41)65-36(46,47)34(42,35(43,44)45)64-21-32(2,37)38/h19,24,27-28H,3-18,20-22H2,1-2H3,(H,48,56)(H,49,57)(H,50,58)(H2,51,52,59)/t24-,27+,28?,31-,34?/m0/s1. The van der Waals surface area contributed by atoms with Crippen molar-refractivity contribution in [2.24, 2.45) is 0 Å².